The van der Waals surface area contributed by atoms with Crippen LogP contribution in [0.3, 0.4) is 0 Å². The lowest BCUT2D eigenvalue weighted by Crippen LogP contribution is -2.00. The van der Waals surface area contributed by atoms with E-state index in [9.17, 15) is 0 Å². The third-order valence-corrected chi connectivity index (χ3v) is 2.21. The molecule has 0 saturated carbocycles. The minimum Gasteiger partial charge on any atom is -0.384 e. The van der Waals surface area contributed by atoms with Crippen LogP contribution in [0.5, 0.6) is 0 Å². The van der Waals surface area contributed by atoms with E-state index >= 15 is 0 Å². The summed E-state index contributed by atoms with van der Waals surface area (Å²) in [4.78, 5) is 8.15. The third-order valence-electron chi connectivity index (χ3n) is 1.67. The van der Waals surface area contributed by atoms with Gasteiger partial charge in [0.15, 0.2) is 10.4 Å². The summed E-state index contributed by atoms with van der Waals surface area (Å²) in [5.74, 6) is 0.924. The SMILES string of the molecule is Cn1nnc(Br)c1-c1nccc(N)n1. The van der Waals surface area contributed by atoms with Crippen LogP contribution in [0.2, 0.25) is 0 Å². The van der Waals surface area contributed by atoms with Crippen LogP contribution >= 0.6 is 15.9 Å². The summed E-state index contributed by atoms with van der Waals surface area (Å²) in [5.41, 5.74) is 6.25. The summed E-state index contributed by atoms with van der Waals surface area (Å²) in [7, 11) is 1.76. The molecule has 2 aromatic rings. The maximum absolute atomic E-state index is 5.55. The quantitative estimate of drug-likeness (QED) is 0.807. The Labute approximate surface area is 88.3 Å². The first-order chi connectivity index (χ1) is 6.68. The number of nitrogens with two attached hydrogens (primary N) is 1. The minimum absolute atomic E-state index is 0.420. The van der Waals surface area contributed by atoms with Crippen LogP contribution in [0.25, 0.3) is 11.5 Å². The standard InChI is InChI=1S/C7H7BrN6/c1-14-5(6(8)12-13-14)7-10-3-2-4(9)11-7/h2-3H,1H3,(H2,9,10,11). The van der Waals surface area contributed by atoms with Crippen LogP contribution in [0, 0.1) is 0 Å². The molecule has 0 unspecified atom stereocenters. The molecule has 2 N–H and O–H groups in total. The molecular formula is C7H7BrN6. The lowest BCUT2D eigenvalue weighted by molar-refractivity contribution is 0.717. The van der Waals surface area contributed by atoms with Gasteiger partial charge in [0.2, 0.25) is 0 Å². The van der Waals surface area contributed by atoms with Crippen molar-refractivity contribution in [1.29, 1.82) is 0 Å². The van der Waals surface area contributed by atoms with Crippen LogP contribution in [-0.2, 0) is 7.05 Å². The van der Waals surface area contributed by atoms with Crippen molar-refractivity contribution in [2.24, 2.45) is 7.05 Å². The van der Waals surface area contributed by atoms with Gasteiger partial charge >= 0.3 is 0 Å². The molecule has 0 spiro atoms. The van der Waals surface area contributed by atoms with Gasteiger partial charge in [-0.15, -0.1) is 5.10 Å². The number of halogens is 1. The average Bonchev–Trinajstić information content (AvgIpc) is 2.46. The first-order valence-electron chi connectivity index (χ1n) is 3.82. The molecule has 0 atom stereocenters. The molecule has 72 valence electrons. The number of nitrogens with zero attached hydrogens (tertiary/aromatic N) is 5. The van der Waals surface area contributed by atoms with E-state index in [4.69, 9.17) is 5.73 Å². The van der Waals surface area contributed by atoms with Gasteiger partial charge in [0.1, 0.15) is 11.5 Å². The van der Waals surface area contributed by atoms with Crippen molar-refractivity contribution in [1.82, 2.24) is 25.0 Å². The molecule has 0 aliphatic carbocycles. The lowest BCUT2D eigenvalue weighted by Gasteiger charge is -1.99. The van der Waals surface area contributed by atoms with Crippen LogP contribution in [-0.4, -0.2) is 25.0 Å². The summed E-state index contributed by atoms with van der Waals surface area (Å²) in [6, 6.07) is 1.63. The predicted octanol–water partition coefficient (Wildman–Crippen LogP) is 0.617. The van der Waals surface area contributed by atoms with Gasteiger partial charge in [-0.05, 0) is 22.0 Å². The minimum atomic E-state index is 0.420. The number of hydrogen-bond acceptors (Lipinski definition) is 5. The van der Waals surface area contributed by atoms with Gasteiger partial charge in [0.05, 0.1) is 0 Å². The molecule has 0 aliphatic rings. The fraction of sp³-hybridized carbons (Fsp3) is 0.143. The summed E-state index contributed by atoms with van der Waals surface area (Å²) < 4.78 is 2.18. The zero-order valence-corrected chi connectivity index (χ0v) is 8.93. The number of hydrogen-bond donors (Lipinski definition) is 1. The molecule has 0 radical (unpaired) electrons. The Morgan fingerprint density at radius 3 is 2.86 bits per heavy atom. The summed E-state index contributed by atoms with van der Waals surface area (Å²) in [6.07, 6.45) is 1.59. The van der Waals surface area contributed by atoms with Gasteiger partial charge in [-0.1, -0.05) is 5.21 Å². The van der Waals surface area contributed by atoms with Crippen molar-refractivity contribution < 1.29 is 0 Å². The van der Waals surface area contributed by atoms with E-state index in [1.807, 2.05) is 0 Å². The monoisotopic (exact) mass is 254 g/mol. The van der Waals surface area contributed by atoms with E-state index in [2.05, 4.69) is 36.2 Å². The Bertz CT molecular complexity index is 445. The van der Waals surface area contributed by atoms with Crippen LogP contribution in [0.15, 0.2) is 16.9 Å². The van der Waals surface area contributed by atoms with Gasteiger partial charge < -0.3 is 5.73 Å². The molecule has 6 nitrogen and oxygen atoms in total. The van der Waals surface area contributed by atoms with Gasteiger partial charge in [0, 0.05) is 13.2 Å². The van der Waals surface area contributed by atoms with Crippen molar-refractivity contribution in [3.05, 3.63) is 16.9 Å². The molecule has 7 heteroatoms. The molecule has 2 aromatic heterocycles. The number of rotatable bonds is 1. The van der Waals surface area contributed by atoms with E-state index in [0.717, 1.165) is 0 Å². The molecule has 0 fully saturated rings. The Morgan fingerprint density at radius 1 is 1.50 bits per heavy atom. The number of aromatic nitrogens is 5. The van der Waals surface area contributed by atoms with Crippen LogP contribution in [0.4, 0.5) is 5.82 Å². The highest BCUT2D eigenvalue weighted by molar-refractivity contribution is 9.10. The molecule has 0 aromatic carbocycles. The van der Waals surface area contributed by atoms with E-state index < -0.39 is 0 Å². The van der Waals surface area contributed by atoms with E-state index in [0.29, 0.717) is 21.9 Å². The zero-order valence-electron chi connectivity index (χ0n) is 7.35. The highest BCUT2D eigenvalue weighted by Crippen LogP contribution is 2.22. The second-order valence-corrected chi connectivity index (χ2v) is 3.41. The first kappa shape index (κ1) is 9.07. The van der Waals surface area contributed by atoms with Gasteiger partial charge in [-0.2, -0.15) is 0 Å². The Morgan fingerprint density at radius 2 is 2.29 bits per heavy atom. The third kappa shape index (κ3) is 1.46. The Kier molecular flexibility index (Phi) is 2.16. The average molecular weight is 255 g/mol. The Hall–Kier alpha value is -1.50. The second-order valence-electron chi connectivity index (χ2n) is 2.66. The maximum Gasteiger partial charge on any atom is 0.182 e. The second kappa shape index (κ2) is 3.33. The number of anilines is 1. The van der Waals surface area contributed by atoms with Crippen molar-refractivity contribution >= 4 is 21.7 Å². The molecular weight excluding hydrogens is 248 g/mol. The van der Waals surface area contributed by atoms with Crippen molar-refractivity contribution in [2.75, 3.05) is 5.73 Å². The molecule has 14 heavy (non-hydrogen) atoms. The summed E-state index contributed by atoms with van der Waals surface area (Å²) in [5, 5.41) is 7.65. The lowest BCUT2D eigenvalue weighted by atomic mass is 10.4. The van der Waals surface area contributed by atoms with Crippen LogP contribution in [0.1, 0.15) is 0 Å². The topological polar surface area (TPSA) is 82.5 Å². The van der Waals surface area contributed by atoms with Crippen molar-refractivity contribution in [3.8, 4) is 11.5 Å². The largest absolute Gasteiger partial charge is 0.384 e. The molecule has 0 saturated heterocycles. The first-order valence-corrected chi connectivity index (χ1v) is 4.62. The van der Waals surface area contributed by atoms with Gasteiger partial charge in [0.25, 0.3) is 0 Å². The fourth-order valence-corrected chi connectivity index (χ4v) is 1.56. The van der Waals surface area contributed by atoms with Crippen LogP contribution < -0.4 is 5.73 Å². The van der Waals surface area contributed by atoms with Gasteiger partial charge in [-0.3, -0.25) is 0 Å². The number of aryl methyl sites for hydroxylation is 1. The van der Waals surface area contributed by atoms with Crippen molar-refractivity contribution in [2.45, 2.75) is 0 Å². The van der Waals surface area contributed by atoms with Gasteiger partial charge in [-0.25, -0.2) is 14.6 Å². The van der Waals surface area contributed by atoms with E-state index in [1.165, 1.54) is 0 Å². The highest BCUT2D eigenvalue weighted by atomic mass is 79.9. The molecule has 2 rings (SSSR count). The number of nitrogen functional groups attached to an aromatic ring is 1. The molecule has 2 heterocycles. The summed E-state index contributed by atoms with van der Waals surface area (Å²) >= 11 is 3.26. The fourth-order valence-electron chi connectivity index (χ4n) is 1.06. The van der Waals surface area contributed by atoms with Crippen molar-refractivity contribution in [3.63, 3.8) is 0 Å². The normalized spacial score (nSPS) is 10.4. The van der Waals surface area contributed by atoms with E-state index in [-0.39, 0.29) is 0 Å². The predicted molar refractivity (Wildman–Crippen MR) is 54.1 cm³/mol. The smallest absolute Gasteiger partial charge is 0.182 e. The molecule has 0 bridgehead atoms. The molecule has 0 amide bonds. The maximum atomic E-state index is 5.55. The Balaban J connectivity index is 2.59. The van der Waals surface area contributed by atoms with E-state index in [1.54, 1.807) is 24.0 Å². The molecule has 0 aliphatic heterocycles. The summed E-state index contributed by atoms with van der Waals surface area (Å²) in [6.45, 7) is 0. The zero-order chi connectivity index (χ0) is 10.1. The highest BCUT2D eigenvalue weighted by Gasteiger charge is 2.12.